The maximum absolute atomic E-state index is 14.7. The molecule has 0 atom stereocenters. The highest BCUT2D eigenvalue weighted by atomic mass is 32.2. The zero-order valence-corrected chi connectivity index (χ0v) is 22.3. The summed E-state index contributed by atoms with van der Waals surface area (Å²) in [7, 11) is 0. The molecule has 1 N–H and O–H groups in total. The molecular formula is C30H21F2N3O2S2. The Balaban J connectivity index is 1.61. The number of benzene rings is 3. The largest absolute Gasteiger partial charge is 0.481 e. The normalized spacial score (nSPS) is 13.4. The zero-order chi connectivity index (χ0) is 27.3. The summed E-state index contributed by atoms with van der Waals surface area (Å²) in [6.07, 6.45) is 0. The Labute approximate surface area is 231 Å². The van der Waals surface area contributed by atoms with Gasteiger partial charge < -0.3 is 10.0 Å². The fourth-order valence-corrected chi connectivity index (χ4v) is 6.57. The van der Waals surface area contributed by atoms with Crippen LogP contribution >= 0.6 is 23.3 Å². The van der Waals surface area contributed by atoms with Gasteiger partial charge in [0.1, 0.15) is 10.9 Å². The average molecular weight is 558 g/mol. The van der Waals surface area contributed by atoms with Crippen LogP contribution < -0.4 is 4.90 Å². The Morgan fingerprint density at radius 2 is 1.82 bits per heavy atom. The maximum atomic E-state index is 14.7. The van der Waals surface area contributed by atoms with Gasteiger partial charge in [-0.15, -0.1) is 11.3 Å². The van der Waals surface area contributed by atoms with Gasteiger partial charge in [-0.25, -0.2) is 8.78 Å². The van der Waals surface area contributed by atoms with Crippen molar-refractivity contribution >= 4 is 45.8 Å². The van der Waals surface area contributed by atoms with Crippen LogP contribution in [0.2, 0.25) is 0 Å². The summed E-state index contributed by atoms with van der Waals surface area (Å²) < 4.78 is 31.3. The minimum atomic E-state index is -0.962. The number of thiophene rings is 1. The summed E-state index contributed by atoms with van der Waals surface area (Å²) in [5.41, 5.74) is 5.23. The summed E-state index contributed by atoms with van der Waals surface area (Å²) in [5, 5.41) is 21.5. The van der Waals surface area contributed by atoms with Gasteiger partial charge in [0.15, 0.2) is 11.6 Å². The van der Waals surface area contributed by atoms with Crippen LogP contribution in [0.4, 0.5) is 14.5 Å². The predicted octanol–water partition coefficient (Wildman–Crippen LogP) is 7.57. The average Bonchev–Trinajstić information content (AvgIpc) is 3.47. The molecule has 0 radical (unpaired) electrons. The van der Waals surface area contributed by atoms with E-state index in [0.29, 0.717) is 45.7 Å². The van der Waals surface area contributed by atoms with E-state index in [1.54, 1.807) is 0 Å². The lowest BCUT2D eigenvalue weighted by molar-refractivity contribution is -0.142. The molecular weight excluding hydrogens is 536 g/mol. The van der Waals surface area contributed by atoms with Crippen molar-refractivity contribution < 1.29 is 18.7 Å². The maximum Gasteiger partial charge on any atom is 0.310 e. The molecule has 2 aromatic heterocycles. The molecule has 5 aromatic rings. The first-order valence-corrected chi connectivity index (χ1v) is 13.8. The molecule has 5 nitrogen and oxygen atoms in total. The number of nitrogens with zero attached hydrogens (tertiary/aromatic N) is 3. The van der Waals surface area contributed by atoms with Crippen molar-refractivity contribution in [3.8, 4) is 28.5 Å². The third kappa shape index (κ3) is 4.46. The van der Waals surface area contributed by atoms with Crippen molar-refractivity contribution in [2.45, 2.75) is 11.8 Å². The number of aromatic nitrogens is 1. The second-order valence-electron chi connectivity index (χ2n) is 9.47. The number of aliphatic carboxylic acids is 1. The van der Waals surface area contributed by atoms with Crippen molar-refractivity contribution in [1.82, 2.24) is 3.97 Å². The van der Waals surface area contributed by atoms with Crippen LogP contribution in [0.1, 0.15) is 10.4 Å². The number of aryl methyl sites for hydroxylation is 1. The van der Waals surface area contributed by atoms with Gasteiger partial charge >= 0.3 is 5.97 Å². The molecule has 9 heteroatoms. The van der Waals surface area contributed by atoms with E-state index in [-0.39, 0.29) is 0 Å². The van der Waals surface area contributed by atoms with Crippen LogP contribution in [0, 0.1) is 35.8 Å². The van der Waals surface area contributed by atoms with Crippen molar-refractivity contribution in [1.29, 1.82) is 5.26 Å². The smallest absolute Gasteiger partial charge is 0.310 e. The number of carbonyl (C=O) groups is 1. The molecule has 1 fully saturated rings. The van der Waals surface area contributed by atoms with Gasteiger partial charge in [-0.05, 0) is 60.6 Å². The standard InChI is InChI=1S/C30H21F2N3O2S2/c1-17-5-7-21(8-6-17)39-35-26-13-25(32)24(31)12-23(26)28(22-9-10-38-27(22)14-33)29(35)18-3-2-4-20(11-18)34-15-19(16-34)30(36)37/h2-13,19H,15-16H2,1H3,(H,36,37). The molecule has 1 saturated heterocycles. The van der Waals surface area contributed by atoms with E-state index >= 15 is 0 Å². The highest BCUT2D eigenvalue weighted by molar-refractivity contribution is 7.98. The first kappa shape index (κ1) is 25.2. The first-order valence-electron chi connectivity index (χ1n) is 12.2. The molecule has 194 valence electrons. The molecule has 3 aromatic carbocycles. The Bertz CT molecular complexity index is 1780. The van der Waals surface area contributed by atoms with Gasteiger partial charge in [-0.1, -0.05) is 29.8 Å². The van der Waals surface area contributed by atoms with Gasteiger partial charge in [0.05, 0.1) is 17.1 Å². The van der Waals surface area contributed by atoms with E-state index in [0.717, 1.165) is 21.7 Å². The lowest BCUT2D eigenvalue weighted by Gasteiger charge is -2.38. The minimum absolute atomic E-state index is 0.409. The third-order valence-corrected chi connectivity index (χ3v) is 8.80. The number of anilines is 1. The number of fused-ring (bicyclic) bond motifs is 1. The Morgan fingerprint density at radius 1 is 1.08 bits per heavy atom. The van der Waals surface area contributed by atoms with E-state index in [1.807, 2.05) is 75.8 Å². The minimum Gasteiger partial charge on any atom is -0.481 e. The van der Waals surface area contributed by atoms with Gasteiger partial charge in [-0.3, -0.25) is 8.77 Å². The topological polar surface area (TPSA) is 69.3 Å². The fourth-order valence-electron chi connectivity index (χ4n) is 4.88. The molecule has 6 rings (SSSR count). The number of rotatable bonds is 6. The third-order valence-electron chi connectivity index (χ3n) is 6.94. The number of nitriles is 1. The second-order valence-corrected chi connectivity index (χ2v) is 11.4. The van der Waals surface area contributed by atoms with Crippen molar-refractivity contribution in [3.63, 3.8) is 0 Å². The van der Waals surface area contributed by atoms with Crippen LogP contribution in [0.15, 0.2) is 77.0 Å². The van der Waals surface area contributed by atoms with Gasteiger partial charge in [0.2, 0.25) is 0 Å². The highest BCUT2D eigenvalue weighted by Gasteiger charge is 2.33. The Kier molecular flexibility index (Phi) is 6.37. The lowest BCUT2D eigenvalue weighted by atomic mass is 9.96. The molecule has 0 bridgehead atoms. The first-order chi connectivity index (χ1) is 18.8. The van der Waals surface area contributed by atoms with E-state index < -0.39 is 23.5 Å². The molecule has 0 aliphatic carbocycles. The zero-order valence-electron chi connectivity index (χ0n) is 20.7. The molecule has 1 aliphatic rings. The summed E-state index contributed by atoms with van der Waals surface area (Å²) in [5.74, 6) is -3.15. The molecule has 3 heterocycles. The van der Waals surface area contributed by atoms with Gasteiger partial charge in [-0.2, -0.15) is 5.26 Å². The van der Waals surface area contributed by atoms with Crippen LogP contribution in [-0.2, 0) is 4.79 Å². The Morgan fingerprint density at radius 3 is 2.54 bits per heavy atom. The number of carboxylic acid groups (broad SMARTS) is 1. The number of carboxylic acids is 1. The van der Waals surface area contributed by atoms with E-state index in [9.17, 15) is 23.9 Å². The number of hydrogen-bond acceptors (Lipinski definition) is 5. The number of hydrogen-bond donors (Lipinski definition) is 1. The van der Waals surface area contributed by atoms with Crippen molar-refractivity contribution in [3.05, 3.63) is 94.2 Å². The van der Waals surface area contributed by atoms with E-state index in [2.05, 4.69) is 6.07 Å². The molecule has 39 heavy (non-hydrogen) atoms. The Hall–Kier alpha value is -4.13. The monoisotopic (exact) mass is 557 g/mol. The van der Waals surface area contributed by atoms with Crippen molar-refractivity contribution in [2.24, 2.45) is 5.92 Å². The molecule has 0 spiro atoms. The van der Waals surface area contributed by atoms with Crippen LogP contribution in [0.3, 0.4) is 0 Å². The summed E-state index contributed by atoms with van der Waals surface area (Å²) in [4.78, 5) is 14.7. The summed E-state index contributed by atoms with van der Waals surface area (Å²) >= 11 is 2.68. The SMILES string of the molecule is Cc1ccc(Sn2c(-c3cccc(N4CC(C(=O)O)C4)c3)c(-c3ccsc3C#N)c3cc(F)c(F)cc32)cc1. The van der Waals surface area contributed by atoms with Crippen molar-refractivity contribution in [2.75, 3.05) is 18.0 Å². The van der Waals surface area contributed by atoms with Crippen LogP contribution in [0.5, 0.6) is 0 Å². The molecule has 1 aliphatic heterocycles. The quantitative estimate of drug-likeness (QED) is 0.233. The summed E-state index contributed by atoms with van der Waals surface area (Å²) in [6.45, 7) is 2.82. The molecule has 0 amide bonds. The lowest BCUT2D eigenvalue weighted by Crippen LogP contribution is -2.50. The van der Waals surface area contributed by atoms with E-state index in [1.165, 1.54) is 35.4 Å². The molecule has 0 unspecified atom stereocenters. The number of halogens is 2. The molecule has 0 saturated carbocycles. The van der Waals surface area contributed by atoms with E-state index in [4.69, 9.17) is 0 Å². The second kappa shape index (κ2) is 9.88. The van der Waals surface area contributed by atoms with Gasteiger partial charge in [0, 0.05) is 51.8 Å². The van der Waals surface area contributed by atoms with Gasteiger partial charge in [0.25, 0.3) is 0 Å². The van der Waals surface area contributed by atoms with Crippen LogP contribution in [0.25, 0.3) is 33.3 Å². The predicted molar refractivity (Wildman–Crippen MR) is 151 cm³/mol. The fraction of sp³-hybridized carbons (Fsp3) is 0.133. The van der Waals surface area contributed by atoms with Crippen LogP contribution in [-0.4, -0.2) is 28.1 Å². The highest BCUT2D eigenvalue weighted by Crippen LogP contribution is 2.47. The summed E-state index contributed by atoms with van der Waals surface area (Å²) in [6, 6.07) is 22.1.